The topological polar surface area (TPSA) is 180 Å². The maximum atomic E-state index is 12.8. The number of carbonyl (C=O) groups excluding carboxylic acids is 6. The molecule has 5 aliphatic rings. The first-order chi connectivity index (χ1) is 22.8. The minimum Gasteiger partial charge on any atom is -0.512 e. The Balaban J connectivity index is 1.16. The van der Waals surface area contributed by atoms with Crippen molar-refractivity contribution in [2.24, 2.45) is 11.8 Å². The van der Waals surface area contributed by atoms with Gasteiger partial charge in [-0.1, -0.05) is 50.3 Å². The number of ketones is 3. The quantitative estimate of drug-likeness (QED) is 0.171. The number of carbonyl (C=O) groups is 6. The average Bonchev–Trinajstić information content (AvgIpc) is 3.03. The van der Waals surface area contributed by atoms with E-state index in [0.29, 0.717) is 25.7 Å². The second-order valence-electron chi connectivity index (χ2n) is 12.4. The monoisotopic (exact) mass is 660 g/mol. The van der Waals surface area contributed by atoms with Crippen LogP contribution in [0.3, 0.4) is 0 Å². The molecule has 0 aromatic heterocycles. The molecule has 0 amide bonds. The molecule has 5 rings (SSSR count). The summed E-state index contributed by atoms with van der Waals surface area (Å²) in [6.45, 7) is 3.57. The van der Waals surface area contributed by atoms with Crippen molar-refractivity contribution in [2.45, 2.75) is 76.8 Å². The number of ether oxygens (including phenoxy) is 4. The second kappa shape index (κ2) is 13.8. The Morgan fingerprint density at radius 1 is 0.583 bits per heavy atom. The van der Waals surface area contributed by atoms with Gasteiger partial charge in [0.05, 0.1) is 11.1 Å². The van der Waals surface area contributed by atoms with Crippen molar-refractivity contribution in [3.8, 4) is 0 Å². The van der Waals surface area contributed by atoms with E-state index in [4.69, 9.17) is 18.9 Å². The Kier molecular flexibility index (Phi) is 9.83. The number of Topliss-reactive ketones (excluding diaryl/α,β-unsaturated/α-hetero) is 3. The van der Waals surface area contributed by atoms with Crippen molar-refractivity contribution in [2.75, 3.05) is 0 Å². The van der Waals surface area contributed by atoms with E-state index in [2.05, 4.69) is 0 Å². The van der Waals surface area contributed by atoms with Crippen molar-refractivity contribution >= 4 is 35.3 Å². The van der Waals surface area contributed by atoms with Gasteiger partial charge < -0.3 is 29.2 Å². The fraction of sp³-hybridized carbons (Fsp3) is 0.389. The fourth-order valence-corrected chi connectivity index (χ4v) is 5.94. The molecule has 12 heteroatoms. The van der Waals surface area contributed by atoms with Crippen molar-refractivity contribution in [1.29, 1.82) is 0 Å². The van der Waals surface area contributed by atoms with Gasteiger partial charge in [0.25, 0.3) is 17.5 Å². The van der Waals surface area contributed by atoms with E-state index in [-0.39, 0.29) is 82.9 Å². The zero-order valence-electron chi connectivity index (χ0n) is 26.6. The minimum absolute atomic E-state index is 0.0265. The Bertz CT molecular complexity index is 1660. The van der Waals surface area contributed by atoms with Crippen LogP contribution >= 0.6 is 0 Å². The summed E-state index contributed by atoms with van der Waals surface area (Å²) in [5, 5.41) is 20.5. The molecule has 1 saturated heterocycles. The minimum atomic E-state index is -1.60. The molecule has 2 atom stereocenters. The molecule has 2 saturated carbocycles. The molecule has 0 bridgehead atoms. The summed E-state index contributed by atoms with van der Waals surface area (Å²) >= 11 is 0. The summed E-state index contributed by atoms with van der Waals surface area (Å²) in [5.41, 5.74) is -0.237. The van der Waals surface area contributed by atoms with Gasteiger partial charge in [-0.15, -0.1) is 0 Å². The highest BCUT2D eigenvalue weighted by Gasteiger charge is 2.56. The molecule has 0 aromatic rings. The molecule has 2 heterocycles. The van der Waals surface area contributed by atoms with Gasteiger partial charge in [0.1, 0.15) is 16.9 Å². The van der Waals surface area contributed by atoms with Crippen LogP contribution in [0.4, 0.5) is 0 Å². The van der Waals surface area contributed by atoms with E-state index in [1.54, 1.807) is 13.8 Å². The number of hydrogen-bond donors (Lipinski definition) is 2. The number of rotatable bonds is 6. The maximum Gasteiger partial charge on any atom is 0.348 e. The number of aliphatic hydroxyl groups excluding tert-OH is 2. The van der Waals surface area contributed by atoms with E-state index in [1.807, 2.05) is 0 Å². The van der Waals surface area contributed by atoms with Crippen molar-refractivity contribution < 1.29 is 57.9 Å². The van der Waals surface area contributed by atoms with Crippen LogP contribution in [-0.2, 0) is 47.7 Å². The largest absolute Gasteiger partial charge is 0.512 e. The third-order valence-electron chi connectivity index (χ3n) is 8.93. The van der Waals surface area contributed by atoms with Crippen LogP contribution in [0.25, 0.3) is 0 Å². The van der Waals surface area contributed by atoms with Gasteiger partial charge in [-0.2, -0.15) is 0 Å². The molecular formula is C36H36O12. The lowest BCUT2D eigenvalue weighted by Gasteiger charge is -2.46. The highest BCUT2D eigenvalue weighted by molar-refractivity contribution is 6.22. The first-order valence-corrected chi connectivity index (χ1v) is 15.8. The fourth-order valence-electron chi connectivity index (χ4n) is 5.94. The molecule has 48 heavy (non-hydrogen) atoms. The van der Waals surface area contributed by atoms with Gasteiger partial charge in [-0.25, -0.2) is 14.4 Å². The maximum absolute atomic E-state index is 12.8. The standard InChI is InChI=1S/C36H36O12/c1-21-13-15-27(37)23(29(21)39)9-5-3-7-11-25-31(41)45-35(46-32(25)42)17-19-36(20-18-35)47-33(43)26(34(44)48-36)12-8-4-6-10-24-28(38)16-14-22(2)30(24)40/h3-12,21-22,37,43H,13-20H2,1-2H3/b6-4+,7-3+,9-5+,12-8+,24-10-,25-11?. The van der Waals surface area contributed by atoms with E-state index in [1.165, 1.54) is 60.8 Å². The van der Waals surface area contributed by atoms with Crippen LogP contribution in [0.5, 0.6) is 0 Å². The Morgan fingerprint density at radius 2 is 1.08 bits per heavy atom. The smallest absolute Gasteiger partial charge is 0.348 e. The van der Waals surface area contributed by atoms with E-state index in [9.17, 15) is 39.0 Å². The lowest BCUT2D eigenvalue weighted by Crippen LogP contribution is -2.54. The SMILES string of the molecule is CC1CCC(O)=C(/C=C/C=C/C=C2C(=O)OC3(CCC4(CC3)OC(=O)C(/C=C/C=C/C=C3/C(=O)CCC(C)C3=O)=C(O)O4)OC2=O)C1=O. The number of aliphatic hydroxyl groups is 2. The van der Waals surface area contributed by atoms with Crippen molar-refractivity contribution in [3.05, 3.63) is 94.8 Å². The molecule has 3 fully saturated rings. The number of allylic oxidation sites excluding steroid dienone is 12. The van der Waals surface area contributed by atoms with Gasteiger partial charge >= 0.3 is 17.9 Å². The van der Waals surface area contributed by atoms with E-state index >= 15 is 0 Å². The molecule has 3 aliphatic carbocycles. The number of hydrogen-bond acceptors (Lipinski definition) is 12. The van der Waals surface area contributed by atoms with Crippen LogP contribution in [-0.4, -0.2) is 57.0 Å². The summed E-state index contributed by atoms with van der Waals surface area (Å²) in [6.07, 6.45) is 15.8. The molecule has 0 radical (unpaired) electrons. The molecule has 2 N–H and O–H groups in total. The zero-order chi connectivity index (χ0) is 34.6. The molecule has 2 unspecified atom stereocenters. The van der Waals surface area contributed by atoms with Crippen LogP contribution in [0.1, 0.15) is 65.2 Å². The highest BCUT2D eigenvalue weighted by Crippen LogP contribution is 2.45. The van der Waals surface area contributed by atoms with Gasteiger partial charge in [-0.3, -0.25) is 14.4 Å². The predicted molar refractivity (Wildman–Crippen MR) is 167 cm³/mol. The average molecular weight is 661 g/mol. The number of esters is 3. The summed E-state index contributed by atoms with van der Waals surface area (Å²) < 4.78 is 22.2. The molecule has 2 spiro atoms. The molecule has 252 valence electrons. The van der Waals surface area contributed by atoms with Crippen molar-refractivity contribution in [3.63, 3.8) is 0 Å². The lowest BCUT2D eigenvalue weighted by atomic mass is 9.84. The van der Waals surface area contributed by atoms with Crippen LogP contribution in [0.2, 0.25) is 0 Å². The predicted octanol–water partition coefficient (Wildman–Crippen LogP) is 4.85. The van der Waals surface area contributed by atoms with Crippen LogP contribution in [0.15, 0.2) is 94.8 Å². The lowest BCUT2D eigenvalue weighted by molar-refractivity contribution is -0.297. The normalized spacial score (nSPS) is 31.2. The molecule has 12 nitrogen and oxygen atoms in total. The molecule has 2 aliphatic heterocycles. The van der Waals surface area contributed by atoms with Crippen molar-refractivity contribution in [1.82, 2.24) is 0 Å². The molecule has 0 aromatic carbocycles. The third-order valence-corrected chi connectivity index (χ3v) is 8.93. The summed E-state index contributed by atoms with van der Waals surface area (Å²) in [5.74, 6) is -7.45. The summed E-state index contributed by atoms with van der Waals surface area (Å²) in [7, 11) is 0. The van der Waals surface area contributed by atoms with Gasteiger partial charge in [0.15, 0.2) is 17.3 Å². The summed E-state index contributed by atoms with van der Waals surface area (Å²) in [4.78, 5) is 74.8. The van der Waals surface area contributed by atoms with Gasteiger partial charge in [0.2, 0.25) is 0 Å². The Labute approximate surface area is 276 Å². The summed E-state index contributed by atoms with van der Waals surface area (Å²) in [6, 6.07) is 0. The first-order valence-electron chi connectivity index (χ1n) is 15.8. The van der Waals surface area contributed by atoms with Gasteiger partial charge in [0, 0.05) is 50.4 Å². The second-order valence-corrected chi connectivity index (χ2v) is 12.4. The van der Waals surface area contributed by atoms with Crippen LogP contribution < -0.4 is 0 Å². The zero-order valence-corrected chi connectivity index (χ0v) is 26.6. The molecular weight excluding hydrogens is 624 g/mol. The third kappa shape index (κ3) is 7.17. The Hall–Kier alpha value is -5.26. The van der Waals surface area contributed by atoms with E-state index < -0.39 is 35.4 Å². The van der Waals surface area contributed by atoms with Gasteiger partial charge in [-0.05, 0) is 37.1 Å². The van der Waals surface area contributed by atoms with Crippen LogP contribution in [0, 0.1) is 11.8 Å². The first kappa shape index (κ1) is 34.1. The Morgan fingerprint density at radius 3 is 1.69 bits per heavy atom. The van der Waals surface area contributed by atoms with E-state index in [0.717, 1.165) is 0 Å². The highest BCUT2D eigenvalue weighted by atomic mass is 16.8.